The maximum atomic E-state index is 10.9. The maximum absolute atomic E-state index is 10.9. The van der Waals surface area contributed by atoms with E-state index in [0.717, 1.165) is 11.4 Å². The van der Waals surface area contributed by atoms with Crippen molar-refractivity contribution in [3.05, 3.63) is 42.1 Å². The van der Waals surface area contributed by atoms with E-state index in [1.165, 1.54) is 12.3 Å². The fraction of sp³-hybridized carbons (Fsp3) is 0.143. The van der Waals surface area contributed by atoms with Crippen molar-refractivity contribution in [3.8, 4) is 5.75 Å². The lowest BCUT2D eigenvalue weighted by atomic mass is 10.2. The molecule has 2 aromatic rings. The van der Waals surface area contributed by atoms with Crippen LogP contribution in [-0.4, -0.2) is 29.2 Å². The third-order valence-corrected chi connectivity index (χ3v) is 3.13. The number of hydrogen-bond donors (Lipinski definition) is 2. The van der Waals surface area contributed by atoms with Crippen LogP contribution in [0.25, 0.3) is 0 Å². The van der Waals surface area contributed by atoms with Gasteiger partial charge in [-0.3, -0.25) is 0 Å². The molecule has 102 valence electrons. The molecule has 1 aromatic heterocycles. The molecule has 0 bridgehead atoms. The van der Waals surface area contributed by atoms with Crippen LogP contribution in [-0.2, 0) is 0 Å². The zero-order chi connectivity index (χ0) is 14.1. The fourth-order valence-corrected chi connectivity index (χ4v) is 2.21. The van der Waals surface area contributed by atoms with Gasteiger partial charge in [0, 0.05) is 6.20 Å². The number of carbonyl (C=O) groups is 1. The number of aromatic nitrogens is 1. The standard InChI is InChI=1S/C14H13N3O3/c15-10-7-9(14(18)19)8-16-13(10)17-5-6-20-12-4-2-1-3-11(12)17/h1-4,7-8H,5-6,15H2,(H,18,19). The zero-order valence-corrected chi connectivity index (χ0v) is 10.6. The van der Waals surface area contributed by atoms with E-state index in [0.29, 0.717) is 24.7 Å². The molecule has 20 heavy (non-hydrogen) atoms. The van der Waals surface area contributed by atoms with Crippen LogP contribution in [0, 0.1) is 0 Å². The second-order valence-electron chi connectivity index (χ2n) is 4.41. The van der Waals surface area contributed by atoms with E-state index in [2.05, 4.69) is 4.98 Å². The molecule has 6 heteroatoms. The summed E-state index contributed by atoms with van der Waals surface area (Å²) in [5.74, 6) is 0.270. The number of pyridine rings is 1. The van der Waals surface area contributed by atoms with E-state index in [1.54, 1.807) is 0 Å². The third-order valence-electron chi connectivity index (χ3n) is 3.13. The first kappa shape index (κ1) is 12.3. The molecule has 0 amide bonds. The highest BCUT2D eigenvalue weighted by molar-refractivity contribution is 5.90. The number of ether oxygens (including phenoxy) is 1. The minimum absolute atomic E-state index is 0.0767. The number of hydrogen-bond acceptors (Lipinski definition) is 5. The van der Waals surface area contributed by atoms with Crippen molar-refractivity contribution in [1.82, 2.24) is 4.98 Å². The van der Waals surface area contributed by atoms with Crippen LogP contribution in [0.15, 0.2) is 36.5 Å². The number of carboxylic acids is 1. The van der Waals surface area contributed by atoms with Crippen LogP contribution in [0.4, 0.5) is 17.2 Å². The van der Waals surface area contributed by atoms with Crippen molar-refractivity contribution < 1.29 is 14.6 Å². The topological polar surface area (TPSA) is 88.7 Å². The Labute approximate surface area is 115 Å². The summed E-state index contributed by atoms with van der Waals surface area (Å²) in [5, 5.41) is 8.94. The largest absolute Gasteiger partial charge is 0.490 e. The molecule has 0 saturated carbocycles. The van der Waals surface area contributed by atoms with Gasteiger partial charge in [0.15, 0.2) is 5.82 Å². The van der Waals surface area contributed by atoms with Gasteiger partial charge in [-0.1, -0.05) is 12.1 Å². The third kappa shape index (κ3) is 2.01. The lowest BCUT2D eigenvalue weighted by Gasteiger charge is -2.31. The van der Waals surface area contributed by atoms with Crippen molar-refractivity contribution >= 4 is 23.2 Å². The first-order valence-electron chi connectivity index (χ1n) is 6.15. The van der Waals surface area contributed by atoms with Gasteiger partial charge in [-0.15, -0.1) is 0 Å². The van der Waals surface area contributed by atoms with Crippen LogP contribution >= 0.6 is 0 Å². The lowest BCUT2D eigenvalue weighted by molar-refractivity contribution is 0.0696. The van der Waals surface area contributed by atoms with E-state index in [4.69, 9.17) is 15.6 Å². The summed E-state index contributed by atoms with van der Waals surface area (Å²) in [6.45, 7) is 1.14. The SMILES string of the molecule is Nc1cc(C(=O)O)cnc1N1CCOc2ccccc21. The van der Waals surface area contributed by atoms with Crippen LogP contribution in [0.3, 0.4) is 0 Å². The van der Waals surface area contributed by atoms with Crippen molar-refractivity contribution in [1.29, 1.82) is 0 Å². The van der Waals surface area contributed by atoms with Crippen LogP contribution in [0.5, 0.6) is 5.75 Å². The molecule has 1 aliphatic heterocycles. The molecule has 1 aromatic carbocycles. The molecule has 1 aliphatic rings. The number of rotatable bonds is 2. The molecule has 0 aliphatic carbocycles. The molecule has 2 heterocycles. The lowest BCUT2D eigenvalue weighted by Crippen LogP contribution is -2.29. The molecule has 0 radical (unpaired) electrons. The Morgan fingerprint density at radius 1 is 1.40 bits per heavy atom. The highest BCUT2D eigenvalue weighted by Crippen LogP contribution is 2.37. The van der Waals surface area contributed by atoms with Gasteiger partial charge in [0.2, 0.25) is 0 Å². The van der Waals surface area contributed by atoms with Gasteiger partial charge >= 0.3 is 5.97 Å². The molecule has 0 atom stereocenters. The van der Waals surface area contributed by atoms with Gasteiger partial charge in [0.05, 0.1) is 23.5 Å². The van der Waals surface area contributed by atoms with Gasteiger partial charge < -0.3 is 20.5 Å². The molecular weight excluding hydrogens is 258 g/mol. The van der Waals surface area contributed by atoms with Crippen LogP contribution < -0.4 is 15.4 Å². The number of carboxylic acid groups (broad SMARTS) is 1. The van der Waals surface area contributed by atoms with Gasteiger partial charge in [-0.25, -0.2) is 9.78 Å². The maximum Gasteiger partial charge on any atom is 0.337 e. The summed E-state index contributed by atoms with van der Waals surface area (Å²) >= 11 is 0. The summed E-state index contributed by atoms with van der Waals surface area (Å²) < 4.78 is 5.57. The Morgan fingerprint density at radius 3 is 2.95 bits per heavy atom. The summed E-state index contributed by atoms with van der Waals surface area (Å²) in [7, 11) is 0. The van der Waals surface area contributed by atoms with E-state index in [9.17, 15) is 4.79 Å². The summed E-state index contributed by atoms with van der Waals surface area (Å²) in [5.41, 5.74) is 7.23. The molecule has 0 spiro atoms. The summed E-state index contributed by atoms with van der Waals surface area (Å²) in [6.07, 6.45) is 1.31. The number of benzene rings is 1. The average molecular weight is 271 g/mol. The molecule has 3 N–H and O–H groups in total. The Hall–Kier alpha value is -2.76. The Bertz CT molecular complexity index is 672. The second-order valence-corrected chi connectivity index (χ2v) is 4.41. The van der Waals surface area contributed by atoms with Crippen molar-refractivity contribution in [2.75, 3.05) is 23.8 Å². The van der Waals surface area contributed by atoms with E-state index in [1.807, 2.05) is 29.2 Å². The predicted molar refractivity (Wildman–Crippen MR) is 74.6 cm³/mol. The second kappa shape index (κ2) is 4.73. The van der Waals surface area contributed by atoms with Gasteiger partial charge in [0.25, 0.3) is 0 Å². The summed E-state index contributed by atoms with van der Waals surface area (Å²) in [6, 6.07) is 9.02. The van der Waals surface area contributed by atoms with E-state index in [-0.39, 0.29) is 5.56 Å². The van der Waals surface area contributed by atoms with E-state index >= 15 is 0 Å². The number of aromatic carboxylic acids is 1. The van der Waals surface area contributed by atoms with Gasteiger partial charge in [-0.2, -0.15) is 0 Å². The smallest absolute Gasteiger partial charge is 0.337 e. The highest BCUT2D eigenvalue weighted by Gasteiger charge is 2.22. The van der Waals surface area contributed by atoms with Crippen molar-refractivity contribution in [2.24, 2.45) is 0 Å². The highest BCUT2D eigenvalue weighted by atomic mass is 16.5. The number of nitrogens with two attached hydrogens (primary N) is 1. The number of nitrogen functional groups attached to an aromatic ring is 1. The van der Waals surface area contributed by atoms with Crippen LogP contribution in [0.2, 0.25) is 0 Å². The summed E-state index contributed by atoms with van der Waals surface area (Å²) in [4.78, 5) is 17.0. The van der Waals surface area contributed by atoms with E-state index < -0.39 is 5.97 Å². The molecule has 0 unspecified atom stereocenters. The number of para-hydroxylation sites is 2. The minimum atomic E-state index is -1.04. The predicted octanol–water partition coefficient (Wildman–Crippen LogP) is 1.89. The minimum Gasteiger partial charge on any atom is -0.490 e. The number of nitrogens with zero attached hydrogens (tertiary/aromatic N) is 2. The average Bonchev–Trinajstić information content (AvgIpc) is 2.46. The number of anilines is 3. The van der Waals surface area contributed by atoms with Crippen LogP contribution in [0.1, 0.15) is 10.4 Å². The normalized spacial score (nSPS) is 13.5. The first-order chi connectivity index (χ1) is 9.66. The van der Waals surface area contributed by atoms with Crippen molar-refractivity contribution in [2.45, 2.75) is 0 Å². The van der Waals surface area contributed by atoms with Gasteiger partial charge in [0.1, 0.15) is 12.4 Å². The molecule has 0 saturated heterocycles. The molecular formula is C14H13N3O3. The zero-order valence-electron chi connectivity index (χ0n) is 10.6. The van der Waals surface area contributed by atoms with Crippen molar-refractivity contribution in [3.63, 3.8) is 0 Å². The van der Waals surface area contributed by atoms with Gasteiger partial charge in [-0.05, 0) is 18.2 Å². The number of fused-ring (bicyclic) bond motifs is 1. The monoisotopic (exact) mass is 271 g/mol. The Balaban J connectivity index is 2.04. The molecule has 0 fully saturated rings. The molecule has 3 rings (SSSR count). The molecule has 6 nitrogen and oxygen atoms in total. The fourth-order valence-electron chi connectivity index (χ4n) is 2.21. The Morgan fingerprint density at radius 2 is 2.20 bits per heavy atom. The Kier molecular flexibility index (Phi) is 2.90. The quantitative estimate of drug-likeness (QED) is 0.867. The first-order valence-corrected chi connectivity index (χ1v) is 6.15.